The summed E-state index contributed by atoms with van der Waals surface area (Å²) in [6, 6.07) is 8.89. The molecule has 1 amide bonds. The van der Waals surface area contributed by atoms with Crippen LogP contribution in [0, 0.1) is 13.8 Å². The summed E-state index contributed by atoms with van der Waals surface area (Å²) in [6.07, 6.45) is 0. The van der Waals surface area contributed by atoms with Gasteiger partial charge in [0, 0.05) is 55.2 Å². The maximum absolute atomic E-state index is 12.6. The van der Waals surface area contributed by atoms with Gasteiger partial charge in [-0.05, 0) is 44.2 Å². The fourth-order valence-corrected chi connectivity index (χ4v) is 3.47. The Kier molecular flexibility index (Phi) is 6.42. The molecule has 0 N–H and O–H groups in total. The van der Waals surface area contributed by atoms with Crippen LogP contribution in [0.3, 0.4) is 0 Å². The van der Waals surface area contributed by atoms with Crippen LogP contribution in [0.4, 0.5) is 0 Å². The summed E-state index contributed by atoms with van der Waals surface area (Å²) >= 11 is 5.84. The number of Topliss-reactive ketones (excluding diaryl/α,β-unsaturated/α-hetero) is 1. The second-order valence-corrected chi connectivity index (χ2v) is 7.60. The number of carbonyl (C=O) groups excluding carboxylic acids is 2. The lowest BCUT2D eigenvalue weighted by Crippen LogP contribution is -2.51. The number of aromatic nitrogens is 1. The van der Waals surface area contributed by atoms with E-state index >= 15 is 0 Å². The average Bonchev–Trinajstić information content (AvgIpc) is 2.95. The number of rotatable bonds is 6. The van der Waals surface area contributed by atoms with Gasteiger partial charge in [-0.25, -0.2) is 0 Å². The van der Waals surface area contributed by atoms with Crippen molar-refractivity contribution in [3.8, 4) is 5.75 Å². The van der Waals surface area contributed by atoms with Crippen LogP contribution in [0.5, 0.6) is 5.75 Å². The Morgan fingerprint density at radius 3 is 2.29 bits per heavy atom. The van der Waals surface area contributed by atoms with Crippen LogP contribution < -0.4 is 4.74 Å². The predicted molar refractivity (Wildman–Crippen MR) is 109 cm³/mol. The maximum atomic E-state index is 12.6. The minimum Gasteiger partial charge on any atom is -0.484 e. The van der Waals surface area contributed by atoms with Gasteiger partial charge in [-0.2, -0.15) is 0 Å². The smallest absolute Gasteiger partial charge is 0.260 e. The van der Waals surface area contributed by atoms with Crippen LogP contribution in [-0.4, -0.2) is 65.4 Å². The van der Waals surface area contributed by atoms with E-state index in [1.54, 1.807) is 29.2 Å². The Labute approximate surface area is 170 Å². The van der Waals surface area contributed by atoms with Crippen LogP contribution in [0.1, 0.15) is 21.7 Å². The molecule has 0 aliphatic carbocycles. The first-order valence-corrected chi connectivity index (χ1v) is 9.77. The molecule has 0 bridgehead atoms. The molecule has 0 spiro atoms. The number of amides is 1. The minimum atomic E-state index is -0.0459. The number of benzene rings is 1. The third kappa shape index (κ3) is 4.75. The quantitative estimate of drug-likeness (QED) is 0.696. The Morgan fingerprint density at radius 2 is 1.71 bits per heavy atom. The van der Waals surface area contributed by atoms with Gasteiger partial charge in [0.1, 0.15) is 5.75 Å². The Bertz CT molecular complexity index is 853. The molecule has 7 heteroatoms. The maximum Gasteiger partial charge on any atom is 0.260 e. The highest BCUT2D eigenvalue weighted by Crippen LogP contribution is 2.16. The van der Waals surface area contributed by atoms with Crippen molar-refractivity contribution in [2.75, 3.05) is 39.3 Å². The highest BCUT2D eigenvalue weighted by atomic mass is 35.5. The first-order valence-electron chi connectivity index (χ1n) is 9.40. The van der Waals surface area contributed by atoms with Crippen LogP contribution in [0.2, 0.25) is 5.02 Å². The summed E-state index contributed by atoms with van der Waals surface area (Å²) in [5.41, 5.74) is 2.86. The molecule has 1 aromatic heterocycles. The van der Waals surface area contributed by atoms with Crippen molar-refractivity contribution in [1.82, 2.24) is 14.4 Å². The molecule has 150 valence electrons. The summed E-state index contributed by atoms with van der Waals surface area (Å²) < 4.78 is 7.56. The SMILES string of the molecule is Cc1cc(C(=O)CN2CCN(C(=O)COc3ccc(Cl)cc3)CC2)c(C)n1C. The minimum absolute atomic E-state index is 0.00303. The summed E-state index contributed by atoms with van der Waals surface area (Å²) in [5, 5.41) is 0.630. The van der Waals surface area contributed by atoms with E-state index < -0.39 is 0 Å². The van der Waals surface area contributed by atoms with E-state index in [9.17, 15) is 9.59 Å². The molecule has 1 aliphatic rings. The van der Waals surface area contributed by atoms with E-state index in [2.05, 4.69) is 4.90 Å². The van der Waals surface area contributed by atoms with E-state index in [1.807, 2.05) is 31.5 Å². The molecule has 0 saturated carbocycles. The number of carbonyl (C=O) groups is 2. The molecule has 6 nitrogen and oxygen atoms in total. The number of aryl methyl sites for hydroxylation is 1. The van der Waals surface area contributed by atoms with Gasteiger partial charge in [0.15, 0.2) is 12.4 Å². The van der Waals surface area contributed by atoms with Crippen molar-refractivity contribution in [2.45, 2.75) is 13.8 Å². The lowest BCUT2D eigenvalue weighted by atomic mass is 10.1. The fourth-order valence-electron chi connectivity index (χ4n) is 3.35. The zero-order chi connectivity index (χ0) is 20.3. The molecular formula is C21H26ClN3O3. The van der Waals surface area contributed by atoms with Gasteiger partial charge < -0.3 is 14.2 Å². The summed E-state index contributed by atoms with van der Waals surface area (Å²) in [6.45, 7) is 6.92. The summed E-state index contributed by atoms with van der Waals surface area (Å²) in [5.74, 6) is 0.706. The van der Waals surface area contributed by atoms with E-state index in [0.29, 0.717) is 43.5 Å². The van der Waals surface area contributed by atoms with Crippen molar-refractivity contribution >= 4 is 23.3 Å². The third-order valence-corrected chi connectivity index (χ3v) is 5.60. The van der Waals surface area contributed by atoms with Crippen LogP contribution in [-0.2, 0) is 11.8 Å². The lowest BCUT2D eigenvalue weighted by Gasteiger charge is -2.34. The molecule has 1 saturated heterocycles. The van der Waals surface area contributed by atoms with E-state index in [1.165, 1.54) is 0 Å². The Balaban J connectivity index is 1.46. The third-order valence-electron chi connectivity index (χ3n) is 5.34. The van der Waals surface area contributed by atoms with Gasteiger partial charge >= 0.3 is 0 Å². The van der Waals surface area contributed by atoms with Gasteiger partial charge in [-0.15, -0.1) is 0 Å². The molecule has 1 fully saturated rings. The molecular weight excluding hydrogens is 378 g/mol. The largest absolute Gasteiger partial charge is 0.484 e. The molecule has 2 heterocycles. The fraction of sp³-hybridized carbons (Fsp3) is 0.429. The Morgan fingerprint density at radius 1 is 1.07 bits per heavy atom. The normalized spacial score (nSPS) is 14.9. The zero-order valence-electron chi connectivity index (χ0n) is 16.6. The number of ether oxygens (including phenoxy) is 1. The molecule has 2 aromatic rings. The number of ketones is 1. The van der Waals surface area contributed by atoms with Crippen molar-refractivity contribution in [1.29, 1.82) is 0 Å². The highest BCUT2D eigenvalue weighted by Gasteiger charge is 2.24. The predicted octanol–water partition coefficient (Wildman–Crippen LogP) is 2.70. The van der Waals surface area contributed by atoms with Gasteiger partial charge in [0.05, 0.1) is 6.54 Å². The molecule has 1 aliphatic heterocycles. The standard InChI is InChI=1S/C21H26ClN3O3/c1-15-12-19(16(2)23(15)3)20(26)13-24-8-10-25(11-9-24)21(27)14-28-18-6-4-17(22)5-7-18/h4-7,12H,8-11,13-14H2,1-3H3. The van der Waals surface area contributed by atoms with Crippen molar-refractivity contribution in [2.24, 2.45) is 7.05 Å². The second-order valence-electron chi connectivity index (χ2n) is 7.17. The van der Waals surface area contributed by atoms with Crippen LogP contribution in [0.15, 0.2) is 30.3 Å². The molecule has 0 radical (unpaired) electrons. The summed E-state index contributed by atoms with van der Waals surface area (Å²) in [7, 11) is 1.97. The zero-order valence-corrected chi connectivity index (χ0v) is 17.3. The van der Waals surface area contributed by atoms with E-state index in [-0.39, 0.29) is 18.3 Å². The molecule has 28 heavy (non-hydrogen) atoms. The van der Waals surface area contributed by atoms with Gasteiger partial charge in [0.25, 0.3) is 5.91 Å². The molecule has 1 aromatic carbocycles. The van der Waals surface area contributed by atoms with Crippen molar-refractivity contribution < 1.29 is 14.3 Å². The monoisotopic (exact) mass is 403 g/mol. The summed E-state index contributed by atoms with van der Waals surface area (Å²) in [4.78, 5) is 28.9. The van der Waals surface area contributed by atoms with Crippen LogP contribution in [0.25, 0.3) is 0 Å². The van der Waals surface area contributed by atoms with Crippen LogP contribution >= 0.6 is 11.6 Å². The highest BCUT2D eigenvalue weighted by molar-refractivity contribution is 6.30. The lowest BCUT2D eigenvalue weighted by molar-refractivity contribution is -0.135. The molecule has 0 unspecified atom stereocenters. The van der Waals surface area contributed by atoms with Gasteiger partial charge in [0.2, 0.25) is 0 Å². The number of hydrogen-bond acceptors (Lipinski definition) is 4. The topological polar surface area (TPSA) is 54.8 Å². The molecule has 3 rings (SSSR count). The first kappa shape index (κ1) is 20.4. The molecule has 0 atom stereocenters. The van der Waals surface area contributed by atoms with Crippen molar-refractivity contribution in [3.05, 3.63) is 52.3 Å². The first-order chi connectivity index (χ1) is 13.3. The number of piperazine rings is 1. The second kappa shape index (κ2) is 8.80. The number of hydrogen-bond donors (Lipinski definition) is 0. The van der Waals surface area contributed by atoms with Crippen molar-refractivity contribution in [3.63, 3.8) is 0 Å². The van der Waals surface area contributed by atoms with E-state index in [0.717, 1.165) is 17.0 Å². The Hall–Kier alpha value is -2.31. The van der Waals surface area contributed by atoms with Gasteiger partial charge in [-0.1, -0.05) is 11.6 Å². The average molecular weight is 404 g/mol. The van der Waals surface area contributed by atoms with Gasteiger partial charge in [-0.3, -0.25) is 14.5 Å². The number of nitrogens with zero attached hydrogens (tertiary/aromatic N) is 3. The van der Waals surface area contributed by atoms with E-state index in [4.69, 9.17) is 16.3 Å². The number of halogens is 1.